The van der Waals surface area contributed by atoms with Crippen molar-refractivity contribution in [2.45, 2.75) is 51.3 Å². The number of alkyl halides is 1. The summed E-state index contributed by atoms with van der Waals surface area (Å²) in [6, 6.07) is 7.80. The zero-order valence-electron chi connectivity index (χ0n) is 17.9. The van der Waals surface area contributed by atoms with E-state index >= 15 is 0 Å². The largest absolute Gasteiger partial charge is 0.489 e. The highest BCUT2D eigenvalue weighted by atomic mass is 19.1. The summed E-state index contributed by atoms with van der Waals surface area (Å²) in [6.45, 7) is 5.56. The standard InChI is InChI=1S/C23H28F2N4O2/c1-15(11-16(2)30)17-3-5-19(6-4-17)31-20-8-10-28(14-20)22-21(25)12-26-23(27-22)29-9-7-18(24)13-29/h3-6,12,15,18,20H,7-11,13-14H2,1-2H3/t15-,18-,20-/m1/s1. The molecule has 0 unspecified atom stereocenters. The molecule has 0 radical (unpaired) electrons. The molecular formula is C23H28F2N4O2. The highest BCUT2D eigenvalue weighted by molar-refractivity contribution is 5.76. The molecule has 166 valence electrons. The highest BCUT2D eigenvalue weighted by Gasteiger charge is 2.29. The second-order valence-electron chi connectivity index (χ2n) is 8.52. The van der Waals surface area contributed by atoms with Crippen LogP contribution in [0.5, 0.6) is 5.75 Å². The van der Waals surface area contributed by atoms with Crippen LogP contribution in [0, 0.1) is 5.82 Å². The first-order valence-electron chi connectivity index (χ1n) is 10.8. The summed E-state index contributed by atoms with van der Waals surface area (Å²) in [7, 11) is 0. The monoisotopic (exact) mass is 430 g/mol. The van der Waals surface area contributed by atoms with E-state index in [1.807, 2.05) is 36.1 Å². The zero-order chi connectivity index (χ0) is 22.0. The average molecular weight is 430 g/mol. The Morgan fingerprint density at radius 1 is 1.19 bits per heavy atom. The second kappa shape index (κ2) is 9.16. The number of rotatable bonds is 7. The first-order valence-corrected chi connectivity index (χ1v) is 10.8. The summed E-state index contributed by atoms with van der Waals surface area (Å²) < 4.78 is 34.0. The molecule has 0 aliphatic carbocycles. The van der Waals surface area contributed by atoms with Gasteiger partial charge < -0.3 is 19.3 Å². The lowest BCUT2D eigenvalue weighted by atomic mass is 9.96. The van der Waals surface area contributed by atoms with Gasteiger partial charge in [0.1, 0.15) is 23.8 Å². The molecule has 2 saturated heterocycles. The first kappa shape index (κ1) is 21.5. The molecule has 31 heavy (non-hydrogen) atoms. The van der Waals surface area contributed by atoms with E-state index in [2.05, 4.69) is 9.97 Å². The molecule has 2 fully saturated rings. The predicted octanol–water partition coefficient (Wildman–Crippen LogP) is 3.90. The van der Waals surface area contributed by atoms with Gasteiger partial charge in [0.25, 0.3) is 0 Å². The second-order valence-corrected chi connectivity index (χ2v) is 8.52. The van der Waals surface area contributed by atoms with E-state index in [1.165, 1.54) is 6.20 Å². The third-order valence-corrected chi connectivity index (χ3v) is 5.92. The van der Waals surface area contributed by atoms with Crippen LogP contribution in [0.4, 0.5) is 20.5 Å². The van der Waals surface area contributed by atoms with E-state index in [0.29, 0.717) is 38.4 Å². The number of carbonyl (C=O) groups is 1. The first-order chi connectivity index (χ1) is 14.9. The predicted molar refractivity (Wildman–Crippen MR) is 115 cm³/mol. The number of anilines is 2. The number of Topliss-reactive ketones (excluding diaryl/α,β-unsaturated/α-hetero) is 1. The lowest BCUT2D eigenvalue weighted by Gasteiger charge is -2.21. The number of ether oxygens (including phenoxy) is 1. The molecule has 0 spiro atoms. The van der Waals surface area contributed by atoms with Gasteiger partial charge in [-0.3, -0.25) is 0 Å². The molecule has 3 heterocycles. The Labute approximate surface area is 181 Å². The maximum absolute atomic E-state index is 14.4. The molecule has 3 atom stereocenters. The van der Waals surface area contributed by atoms with Gasteiger partial charge in [-0.15, -0.1) is 0 Å². The molecule has 4 rings (SSSR count). The van der Waals surface area contributed by atoms with Crippen LogP contribution in [0.25, 0.3) is 0 Å². The number of carbonyl (C=O) groups excluding carboxylic acids is 1. The number of halogens is 2. The van der Waals surface area contributed by atoms with Crippen molar-refractivity contribution in [3.8, 4) is 5.75 Å². The fourth-order valence-corrected chi connectivity index (χ4v) is 4.26. The maximum atomic E-state index is 14.4. The van der Waals surface area contributed by atoms with Gasteiger partial charge in [-0.2, -0.15) is 4.98 Å². The molecule has 1 aromatic heterocycles. The van der Waals surface area contributed by atoms with Crippen LogP contribution in [0.3, 0.4) is 0 Å². The Morgan fingerprint density at radius 2 is 1.94 bits per heavy atom. The SMILES string of the molecule is CC(=O)C[C@@H](C)c1ccc(O[C@@H]2CCN(c3nc(N4CC[C@@H](F)C4)ncc3F)C2)cc1. The Kier molecular flexibility index (Phi) is 6.34. The van der Waals surface area contributed by atoms with E-state index in [-0.39, 0.29) is 30.2 Å². The van der Waals surface area contributed by atoms with Crippen LogP contribution in [0.2, 0.25) is 0 Å². The molecule has 2 aromatic rings. The molecule has 0 bridgehead atoms. The smallest absolute Gasteiger partial charge is 0.227 e. The van der Waals surface area contributed by atoms with Crippen molar-refractivity contribution in [2.75, 3.05) is 36.0 Å². The average Bonchev–Trinajstić information content (AvgIpc) is 3.37. The molecule has 8 heteroatoms. The minimum absolute atomic E-state index is 0.0830. The third kappa shape index (κ3) is 5.11. The van der Waals surface area contributed by atoms with Gasteiger partial charge in [0.05, 0.1) is 19.3 Å². The molecule has 0 amide bonds. The minimum Gasteiger partial charge on any atom is -0.489 e. The summed E-state index contributed by atoms with van der Waals surface area (Å²) in [5.41, 5.74) is 1.10. The van der Waals surface area contributed by atoms with Gasteiger partial charge in [-0.05, 0) is 37.0 Å². The van der Waals surface area contributed by atoms with Crippen LogP contribution in [-0.4, -0.2) is 54.2 Å². The number of aromatic nitrogens is 2. The van der Waals surface area contributed by atoms with Crippen LogP contribution in [0.1, 0.15) is 44.6 Å². The summed E-state index contributed by atoms with van der Waals surface area (Å²) in [4.78, 5) is 23.4. The lowest BCUT2D eigenvalue weighted by Crippen LogP contribution is -2.28. The fourth-order valence-electron chi connectivity index (χ4n) is 4.26. The Morgan fingerprint density at radius 3 is 2.61 bits per heavy atom. The van der Waals surface area contributed by atoms with Gasteiger partial charge >= 0.3 is 0 Å². The summed E-state index contributed by atoms with van der Waals surface area (Å²) in [5, 5.41) is 0. The lowest BCUT2D eigenvalue weighted by molar-refractivity contribution is -0.117. The van der Waals surface area contributed by atoms with Crippen LogP contribution < -0.4 is 14.5 Å². The maximum Gasteiger partial charge on any atom is 0.227 e. The molecule has 0 N–H and O–H groups in total. The van der Waals surface area contributed by atoms with Gasteiger partial charge in [0, 0.05) is 25.9 Å². The number of ketones is 1. The van der Waals surface area contributed by atoms with E-state index in [9.17, 15) is 13.6 Å². The summed E-state index contributed by atoms with van der Waals surface area (Å²) in [5.74, 6) is 1.23. The number of benzene rings is 1. The van der Waals surface area contributed by atoms with E-state index in [4.69, 9.17) is 4.74 Å². The van der Waals surface area contributed by atoms with Crippen molar-refractivity contribution >= 4 is 17.5 Å². The van der Waals surface area contributed by atoms with Crippen LogP contribution in [-0.2, 0) is 4.79 Å². The van der Waals surface area contributed by atoms with Crippen molar-refractivity contribution in [3.05, 3.63) is 41.8 Å². The number of nitrogens with zero attached hydrogens (tertiary/aromatic N) is 4. The minimum atomic E-state index is -0.890. The molecule has 2 aliphatic rings. The Hall–Kier alpha value is -2.77. The van der Waals surface area contributed by atoms with Crippen molar-refractivity contribution in [1.29, 1.82) is 0 Å². The van der Waals surface area contributed by atoms with Crippen LogP contribution >= 0.6 is 0 Å². The van der Waals surface area contributed by atoms with Crippen molar-refractivity contribution in [1.82, 2.24) is 9.97 Å². The normalized spacial score (nSPS) is 22.1. The molecule has 2 aliphatic heterocycles. The van der Waals surface area contributed by atoms with Gasteiger partial charge in [0.2, 0.25) is 5.95 Å². The van der Waals surface area contributed by atoms with Gasteiger partial charge in [0.15, 0.2) is 11.6 Å². The topological polar surface area (TPSA) is 58.6 Å². The van der Waals surface area contributed by atoms with Gasteiger partial charge in [-0.25, -0.2) is 13.8 Å². The molecule has 1 aromatic carbocycles. The fraction of sp³-hybridized carbons (Fsp3) is 0.522. The van der Waals surface area contributed by atoms with Crippen LogP contribution in [0.15, 0.2) is 30.5 Å². The van der Waals surface area contributed by atoms with E-state index in [0.717, 1.165) is 17.7 Å². The number of hydrogen-bond acceptors (Lipinski definition) is 6. The third-order valence-electron chi connectivity index (χ3n) is 5.92. The highest BCUT2D eigenvalue weighted by Crippen LogP contribution is 2.28. The Bertz CT molecular complexity index is 924. The van der Waals surface area contributed by atoms with Crippen molar-refractivity contribution < 1.29 is 18.3 Å². The molecule has 0 saturated carbocycles. The summed E-state index contributed by atoms with van der Waals surface area (Å²) >= 11 is 0. The van der Waals surface area contributed by atoms with E-state index < -0.39 is 12.0 Å². The van der Waals surface area contributed by atoms with Gasteiger partial charge in [-0.1, -0.05) is 19.1 Å². The number of hydrogen-bond donors (Lipinski definition) is 0. The molecule has 6 nitrogen and oxygen atoms in total. The Balaban J connectivity index is 1.38. The van der Waals surface area contributed by atoms with Crippen molar-refractivity contribution in [2.24, 2.45) is 0 Å². The zero-order valence-corrected chi connectivity index (χ0v) is 17.9. The van der Waals surface area contributed by atoms with E-state index in [1.54, 1.807) is 11.8 Å². The van der Waals surface area contributed by atoms with Crippen molar-refractivity contribution in [3.63, 3.8) is 0 Å². The quantitative estimate of drug-likeness (QED) is 0.664. The summed E-state index contributed by atoms with van der Waals surface area (Å²) in [6.07, 6.45) is 1.91. The molecular weight excluding hydrogens is 402 g/mol.